The molecule has 5 nitrogen and oxygen atoms in total. The molecule has 1 aliphatic rings. The lowest BCUT2D eigenvalue weighted by molar-refractivity contribution is -0.138. The molecule has 1 aromatic carbocycles. The first-order valence-corrected chi connectivity index (χ1v) is 6.90. The minimum Gasteiger partial charge on any atom is -0.496 e. The molecule has 1 aromatic rings. The van der Waals surface area contributed by atoms with Gasteiger partial charge < -0.3 is 14.8 Å². The predicted octanol–water partition coefficient (Wildman–Crippen LogP) is 3.02. The van der Waals surface area contributed by atoms with E-state index in [1.807, 2.05) is 38.1 Å². The van der Waals surface area contributed by atoms with Crippen LogP contribution in [0.4, 0.5) is 0 Å². The predicted molar refractivity (Wildman–Crippen MR) is 88.6 cm³/mol. The Morgan fingerprint density at radius 1 is 1.32 bits per heavy atom. The van der Waals surface area contributed by atoms with Crippen molar-refractivity contribution < 1.29 is 14.3 Å². The Hall–Kier alpha value is -2.01. The van der Waals surface area contributed by atoms with Crippen LogP contribution in [0.15, 0.2) is 40.5 Å². The van der Waals surface area contributed by atoms with Gasteiger partial charge in [-0.25, -0.2) is 4.79 Å². The smallest absolute Gasteiger partial charge is 0.338 e. The minimum absolute atomic E-state index is 0. The maximum absolute atomic E-state index is 12.3. The van der Waals surface area contributed by atoms with Crippen LogP contribution >= 0.6 is 12.4 Å². The summed E-state index contributed by atoms with van der Waals surface area (Å²) in [7, 11) is 1.61. The van der Waals surface area contributed by atoms with Gasteiger partial charge in [-0.05, 0) is 26.8 Å². The fourth-order valence-corrected chi connectivity index (χ4v) is 2.43. The molecule has 1 N–H and O–H groups in total. The zero-order valence-corrected chi connectivity index (χ0v) is 14.0. The van der Waals surface area contributed by atoms with Crippen LogP contribution in [-0.2, 0) is 9.53 Å². The Morgan fingerprint density at radius 2 is 2.00 bits per heavy atom. The molecule has 0 saturated heterocycles. The molecule has 1 heterocycles. The molecule has 0 fully saturated rings. The van der Waals surface area contributed by atoms with Crippen molar-refractivity contribution in [3.8, 4) is 5.75 Å². The summed E-state index contributed by atoms with van der Waals surface area (Å²) < 4.78 is 10.6. The lowest BCUT2D eigenvalue weighted by Crippen LogP contribution is -2.30. The first-order chi connectivity index (χ1) is 10.1. The van der Waals surface area contributed by atoms with Gasteiger partial charge in [-0.15, -0.1) is 12.4 Å². The molecule has 1 atom stereocenters. The van der Waals surface area contributed by atoms with E-state index in [1.54, 1.807) is 14.0 Å². The number of hydrogen-bond acceptors (Lipinski definition) is 5. The average molecular weight is 325 g/mol. The molecule has 0 aromatic heterocycles. The first kappa shape index (κ1) is 18.0. The molecule has 22 heavy (non-hydrogen) atoms. The monoisotopic (exact) mass is 324 g/mol. The van der Waals surface area contributed by atoms with E-state index in [1.165, 1.54) is 0 Å². The van der Waals surface area contributed by atoms with Crippen LogP contribution in [0.25, 0.3) is 0 Å². The summed E-state index contributed by atoms with van der Waals surface area (Å²) in [6.45, 7) is 5.84. The van der Waals surface area contributed by atoms with Gasteiger partial charge in [0.25, 0.3) is 0 Å². The summed E-state index contributed by atoms with van der Waals surface area (Å²) >= 11 is 0. The number of carbonyl (C=O) groups excluding carboxylic acids is 1. The lowest BCUT2D eigenvalue weighted by Gasteiger charge is -2.25. The number of benzene rings is 1. The van der Waals surface area contributed by atoms with Crippen molar-refractivity contribution in [2.24, 2.45) is 4.99 Å². The molecule has 0 bridgehead atoms. The van der Waals surface area contributed by atoms with Crippen molar-refractivity contribution in [1.29, 1.82) is 0 Å². The SMILES string of the molecule is CCOC(=O)C1=C(C)NC(C)=NC1c1ccccc1OC.Cl. The van der Waals surface area contributed by atoms with Crippen molar-refractivity contribution in [3.63, 3.8) is 0 Å². The molecular weight excluding hydrogens is 304 g/mol. The molecule has 0 aliphatic carbocycles. The molecular formula is C16H21ClN2O3. The van der Waals surface area contributed by atoms with Crippen LogP contribution in [0.2, 0.25) is 0 Å². The van der Waals surface area contributed by atoms with Gasteiger partial charge in [-0.3, -0.25) is 4.99 Å². The Labute approximate surface area is 136 Å². The molecule has 0 saturated carbocycles. The van der Waals surface area contributed by atoms with E-state index in [0.717, 1.165) is 17.1 Å². The number of halogens is 1. The molecule has 1 aliphatic heterocycles. The molecule has 6 heteroatoms. The van der Waals surface area contributed by atoms with Crippen LogP contribution in [0, 0.1) is 0 Å². The molecule has 1 unspecified atom stereocenters. The number of ether oxygens (including phenoxy) is 2. The number of aliphatic imine (C=N–C) groups is 1. The van der Waals surface area contributed by atoms with Crippen LogP contribution in [0.5, 0.6) is 5.75 Å². The highest BCUT2D eigenvalue weighted by Crippen LogP contribution is 2.36. The number of methoxy groups -OCH3 is 1. The fraction of sp³-hybridized carbons (Fsp3) is 0.375. The zero-order chi connectivity index (χ0) is 15.4. The Balaban J connectivity index is 0.00000242. The van der Waals surface area contributed by atoms with Crippen molar-refractivity contribution in [1.82, 2.24) is 5.32 Å². The largest absolute Gasteiger partial charge is 0.496 e. The second-order valence-corrected chi connectivity index (χ2v) is 4.74. The molecule has 120 valence electrons. The van der Waals surface area contributed by atoms with Crippen molar-refractivity contribution in [2.45, 2.75) is 26.8 Å². The van der Waals surface area contributed by atoms with Crippen LogP contribution in [-0.4, -0.2) is 25.5 Å². The normalized spacial score (nSPS) is 17.1. The maximum Gasteiger partial charge on any atom is 0.338 e. The summed E-state index contributed by atoms with van der Waals surface area (Å²) in [5.41, 5.74) is 2.13. The number of esters is 1. The first-order valence-electron chi connectivity index (χ1n) is 6.90. The van der Waals surface area contributed by atoms with E-state index in [-0.39, 0.29) is 18.4 Å². The van der Waals surface area contributed by atoms with Crippen LogP contribution in [0.1, 0.15) is 32.4 Å². The number of amidine groups is 1. The van der Waals surface area contributed by atoms with Crippen LogP contribution in [0.3, 0.4) is 0 Å². The van der Waals surface area contributed by atoms with E-state index in [0.29, 0.717) is 17.9 Å². The third-order valence-corrected chi connectivity index (χ3v) is 3.30. The number of carbonyl (C=O) groups is 1. The summed E-state index contributed by atoms with van der Waals surface area (Å²) in [4.78, 5) is 16.8. The van der Waals surface area contributed by atoms with Gasteiger partial charge in [0.1, 0.15) is 11.8 Å². The van der Waals surface area contributed by atoms with Gasteiger partial charge in [0, 0.05) is 11.3 Å². The Kier molecular flexibility index (Phi) is 6.43. The van der Waals surface area contributed by atoms with Gasteiger partial charge in [0.05, 0.1) is 25.1 Å². The average Bonchev–Trinajstić information content (AvgIpc) is 2.46. The standard InChI is InChI=1S/C16H20N2O3.ClH/c1-5-21-16(19)14-10(2)17-11(3)18-15(14)12-8-6-7-9-13(12)20-4;/h6-9,15H,5H2,1-4H3,(H,17,18);1H. The number of nitrogens with zero attached hydrogens (tertiary/aromatic N) is 1. The highest BCUT2D eigenvalue weighted by Gasteiger charge is 2.30. The van der Waals surface area contributed by atoms with Gasteiger partial charge in [-0.2, -0.15) is 0 Å². The Bertz CT molecular complexity index is 611. The number of rotatable bonds is 4. The quantitative estimate of drug-likeness (QED) is 0.865. The van der Waals surface area contributed by atoms with Gasteiger partial charge in [-0.1, -0.05) is 18.2 Å². The van der Waals surface area contributed by atoms with E-state index < -0.39 is 6.04 Å². The van der Waals surface area contributed by atoms with Crippen LogP contribution < -0.4 is 10.1 Å². The number of nitrogens with one attached hydrogen (secondary N) is 1. The molecule has 0 amide bonds. The molecule has 0 spiro atoms. The summed E-state index contributed by atoms with van der Waals surface area (Å²) in [6, 6.07) is 7.16. The van der Waals surface area contributed by atoms with Gasteiger partial charge in [0.15, 0.2) is 0 Å². The fourth-order valence-electron chi connectivity index (χ4n) is 2.43. The Morgan fingerprint density at radius 3 is 2.64 bits per heavy atom. The van der Waals surface area contributed by atoms with E-state index >= 15 is 0 Å². The summed E-state index contributed by atoms with van der Waals surface area (Å²) in [5.74, 6) is 1.11. The third kappa shape index (κ3) is 3.60. The topological polar surface area (TPSA) is 59.9 Å². The summed E-state index contributed by atoms with van der Waals surface area (Å²) in [5, 5.41) is 3.09. The number of hydrogen-bond donors (Lipinski definition) is 1. The lowest BCUT2D eigenvalue weighted by atomic mass is 9.95. The number of para-hydroxylation sites is 1. The highest BCUT2D eigenvalue weighted by atomic mass is 35.5. The maximum atomic E-state index is 12.3. The van der Waals surface area contributed by atoms with E-state index in [4.69, 9.17) is 9.47 Å². The van der Waals surface area contributed by atoms with E-state index in [9.17, 15) is 4.79 Å². The van der Waals surface area contributed by atoms with Crippen molar-refractivity contribution in [2.75, 3.05) is 13.7 Å². The second-order valence-electron chi connectivity index (χ2n) is 4.74. The highest BCUT2D eigenvalue weighted by molar-refractivity contribution is 5.95. The van der Waals surface area contributed by atoms with Crippen molar-refractivity contribution in [3.05, 3.63) is 41.1 Å². The zero-order valence-electron chi connectivity index (χ0n) is 13.2. The number of allylic oxidation sites excluding steroid dienone is 1. The summed E-state index contributed by atoms with van der Waals surface area (Å²) in [6.07, 6.45) is 0. The molecule has 0 radical (unpaired) electrons. The molecule has 2 rings (SSSR count). The van der Waals surface area contributed by atoms with Gasteiger partial charge in [0.2, 0.25) is 0 Å². The van der Waals surface area contributed by atoms with E-state index in [2.05, 4.69) is 10.3 Å². The minimum atomic E-state index is -0.415. The third-order valence-electron chi connectivity index (χ3n) is 3.30. The second kappa shape index (κ2) is 7.84. The van der Waals surface area contributed by atoms with Crippen molar-refractivity contribution >= 4 is 24.2 Å². The van der Waals surface area contributed by atoms with Gasteiger partial charge >= 0.3 is 5.97 Å².